The number of benzene rings is 2. The summed E-state index contributed by atoms with van der Waals surface area (Å²) in [5, 5.41) is 2.93. The van der Waals surface area contributed by atoms with Gasteiger partial charge in [-0.3, -0.25) is 9.59 Å². The fraction of sp³-hybridized carbons (Fsp3) is 0.348. The predicted molar refractivity (Wildman–Crippen MR) is 114 cm³/mol. The molecule has 0 bridgehead atoms. The molecule has 7 nitrogen and oxygen atoms in total. The first-order chi connectivity index (χ1) is 14.5. The zero-order valence-corrected chi connectivity index (χ0v) is 17.1. The number of rotatable bonds is 6. The van der Waals surface area contributed by atoms with E-state index >= 15 is 0 Å². The highest BCUT2D eigenvalue weighted by atomic mass is 16.5. The number of oxazole rings is 1. The van der Waals surface area contributed by atoms with Crippen LogP contribution in [0, 0.1) is 5.92 Å². The number of aromatic nitrogens is 1. The van der Waals surface area contributed by atoms with Crippen molar-refractivity contribution in [3.05, 3.63) is 48.5 Å². The summed E-state index contributed by atoms with van der Waals surface area (Å²) < 4.78 is 10.7. The van der Waals surface area contributed by atoms with Crippen molar-refractivity contribution >= 4 is 28.6 Å². The number of para-hydroxylation sites is 2. The van der Waals surface area contributed by atoms with Crippen molar-refractivity contribution in [2.24, 2.45) is 5.92 Å². The number of nitrogens with zero attached hydrogens (tertiary/aromatic N) is 2. The third-order valence-electron chi connectivity index (χ3n) is 5.55. The van der Waals surface area contributed by atoms with E-state index < -0.39 is 0 Å². The van der Waals surface area contributed by atoms with Gasteiger partial charge in [-0.15, -0.1) is 0 Å². The molecule has 156 valence electrons. The first-order valence-corrected chi connectivity index (χ1v) is 10.1. The van der Waals surface area contributed by atoms with Gasteiger partial charge in [0.15, 0.2) is 5.58 Å². The fourth-order valence-electron chi connectivity index (χ4n) is 3.96. The molecule has 1 heterocycles. The number of anilines is 1. The van der Waals surface area contributed by atoms with Crippen molar-refractivity contribution in [2.75, 3.05) is 25.7 Å². The van der Waals surface area contributed by atoms with Crippen LogP contribution in [-0.4, -0.2) is 43.6 Å². The zero-order chi connectivity index (χ0) is 21.1. The van der Waals surface area contributed by atoms with Crippen LogP contribution in [-0.2, 0) is 14.3 Å². The Kier molecular flexibility index (Phi) is 5.81. The van der Waals surface area contributed by atoms with E-state index in [1.165, 1.54) is 7.11 Å². The quantitative estimate of drug-likeness (QED) is 0.677. The average molecular weight is 407 g/mol. The number of amides is 2. The number of carbonyl (C=O) groups excluding carboxylic acids is 2. The van der Waals surface area contributed by atoms with Crippen molar-refractivity contribution in [1.82, 2.24) is 10.3 Å². The second-order valence-electron chi connectivity index (χ2n) is 7.64. The summed E-state index contributed by atoms with van der Waals surface area (Å²) in [5.41, 5.74) is 3.24. The first kappa shape index (κ1) is 20.1. The molecule has 1 fully saturated rings. The molecule has 1 aliphatic carbocycles. The van der Waals surface area contributed by atoms with Gasteiger partial charge >= 0.3 is 0 Å². The summed E-state index contributed by atoms with van der Waals surface area (Å²) in [6, 6.07) is 15.3. The van der Waals surface area contributed by atoms with Crippen LogP contribution < -0.4 is 10.2 Å². The summed E-state index contributed by atoms with van der Waals surface area (Å²) in [6.45, 7) is 0.0431. The molecule has 0 spiro atoms. The topological polar surface area (TPSA) is 84.7 Å². The van der Waals surface area contributed by atoms with Crippen LogP contribution in [0.1, 0.15) is 19.3 Å². The van der Waals surface area contributed by atoms with Crippen LogP contribution in [0.15, 0.2) is 52.9 Å². The maximum absolute atomic E-state index is 12.9. The predicted octanol–water partition coefficient (Wildman–Crippen LogP) is 3.39. The van der Waals surface area contributed by atoms with Gasteiger partial charge < -0.3 is 19.4 Å². The Hall–Kier alpha value is -3.19. The Morgan fingerprint density at radius 3 is 2.67 bits per heavy atom. The second kappa shape index (κ2) is 8.67. The molecule has 1 aliphatic rings. The monoisotopic (exact) mass is 407 g/mol. The number of hydrogen-bond acceptors (Lipinski definition) is 5. The van der Waals surface area contributed by atoms with Crippen LogP contribution in [0.25, 0.3) is 22.6 Å². The molecule has 30 heavy (non-hydrogen) atoms. The van der Waals surface area contributed by atoms with Crippen molar-refractivity contribution < 1.29 is 18.7 Å². The van der Waals surface area contributed by atoms with E-state index in [4.69, 9.17) is 9.15 Å². The summed E-state index contributed by atoms with van der Waals surface area (Å²) >= 11 is 0. The summed E-state index contributed by atoms with van der Waals surface area (Å²) in [4.78, 5) is 30.8. The van der Waals surface area contributed by atoms with E-state index in [-0.39, 0.29) is 30.4 Å². The molecule has 3 aromatic rings. The van der Waals surface area contributed by atoms with Gasteiger partial charge in [0.05, 0.1) is 0 Å². The first-order valence-electron chi connectivity index (χ1n) is 10.1. The minimum absolute atomic E-state index is 0.0246. The molecule has 4 rings (SSSR count). The highest BCUT2D eigenvalue weighted by Gasteiger charge is 2.32. The number of carbonyl (C=O) groups is 2. The Morgan fingerprint density at radius 2 is 1.93 bits per heavy atom. The highest BCUT2D eigenvalue weighted by Crippen LogP contribution is 2.30. The lowest BCUT2D eigenvalue weighted by Crippen LogP contribution is -2.37. The van der Waals surface area contributed by atoms with Crippen LogP contribution in [0.4, 0.5) is 5.69 Å². The third kappa shape index (κ3) is 4.21. The molecule has 0 aliphatic heterocycles. The maximum Gasteiger partial charge on any atom is 0.246 e. The molecule has 2 amide bonds. The van der Waals surface area contributed by atoms with Gasteiger partial charge in [-0.2, -0.15) is 0 Å². The number of fused-ring (bicyclic) bond motifs is 1. The largest absolute Gasteiger partial charge is 0.436 e. The van der Waals surface area contributed by atoms with E-state index in [1.807, 2.05) is 48.5 Å². The molecule has 2 atom stereocenters. The Balaban J connectivity index is 1.40. The Labute approximate surface area is 175 Å². The lowest BCUT2D eigenvalue weighted by atomic mass is 10.1. The number of ether oxygens (including phenoxy) is 1. The molecule has 1 N–H and O–H groups in total. The van der Waals surface area contributed by atoms with Crippen molar-refractivity contribution in [3.8, 4) is 11.5 Å². The molecule has 0 radical (unpaired) electrons. The van der Waals surface area contributed by atoms with Gasteiger partial charge in [0.1, 0.15) is 12.1 Å². The molecule has 0 saturated heterocycles. The van der Waals surface area contributed by atoms with Crippen molar-refractivity contribution in [3.63, 3.8) is 0 Å². The van der Waals surface area contributed by atoms with E-state index in [9.17, 15) is 9.59 Å². The number of methoxy groups -OCH3 is 1. The minimum atomic E-state index is -0.140. The van der Waals surface area contributed by atoms with E-state index in [0.717, 1.165) is 35.2 Å². The van der Waals surface area contributed by atoms with Gasteiger partial charge in [-0.1, -0.05) is 12.1 Å². The van der Waals surface area contributed by atoms with Crippen LogP contribution in [0.3, 0.4) is 0 Å². The zero-order valence-electron chi connectivity index (χ0n) is 17.1. The van der Waals surface area contributed by atoms with Gasteiger partial charge in [0, 0.05) is 37.4 Å². The lowest BCUT2D eigenvalue weighted by molar-refractivity contribution is -0.126. The molecule has 1 saturated carbocycles. The van der Waals surface area contributed by atoms with Crippen molar-refractivity contribution in [1.29, 1.82) is 0 Å². The van der Waals surface area contributed by atoms with Crippen LogP contribution in [0.5, 0.6) is 0 Å². The molecule has 2 unspecified atom stereocenters. The Morgan fingerprint density at radius 1 is 1.17 bits per heavy atom. The SMILES string of the molecule is COCC(=O)NC1CCC(C(=O)N(C)c2ccc(-c3nc4ccccc4o3)cc2)C1. The minimum Gasteiger partial charge on any atom is -0.436 e. The van der Waals surface area contributed by atoms with E-state index in [1.54, 1.807) is 11.9 Å². The number of hydrogen-bond donors (Lipinski definition) is 1. The molecule has 7 heteroatoms. The molecule has 2 aromatic carbocycles. The smallest absolute Gasteiger partial charge is 0.246 e. The molecule has 1 aromatic heterocycles. The van der Waals surface area contributed by atoms with Gasteiger partial charge in [0.2, 0.25) is 17.7 Å². The van der Waals surface area contributed by atoms with Gasteiger partial charge in [0.25, 0.3) is 0 Å². The summed E-state index contributed by atoms with van der Waals surface area (Å²) in [7, 11) is 3.28. The summed E-state index contributed by atoms with van der Waals surface area (Å²) in [5.74, 6) is 0.383. The molecular weight excluding hydrogens is 382 g/mol. The molecular formula is C23H25N3O4. The standard InChI is InChI=1S/C23H25N3O4/c1-26(23(28)16-7-10-17(13-16)24-21(27)14-29-2)18-11-8-15(9-12-18)22-25-19-5-3-4-6-20(19)30-22/h3-6,8-9,11-12,16-17H,7,10,13-14H2,1-2H3,(H,24,27). The average Bonchev–Trinajstić information content (AvgIpc) is 3.40. The fourth-order valence-corrected chi connectivity index (χ4v) is 3.96. The normalized spacial score (nSPS) is 18.5. The van der Waals surface area contributed by atoms with E-state index in [2.05, 4.69) is 10.3 Å². The van der Waals surface area contributed by atoms with Crippen LogP contribution >= 0.6 is 0 Å². The number of nitrogens with one attached hydrogen (secondary N) is 1. The highest BCUT2D eigenvalue weighted by molar-refractivity contribution is 5.95. The lowest BCUT2D eigenvalue weighted by Gasteiger charge is -2.21. The van der Waals surface area contributed by atoms with Crippen LogP contribution in [0.2, 0.25) is 0 Å². The van der Waals surface area contributed by atoms with Gasteiger partial charge in [-0.25, -0.2) is 4.98 Å². The summed E-state index contributed by atoms with van der Waals surface area (Å²) in [6.07, 6.45) is 2.22. The Bertz CT molecular complexity index is 1010. The third-order valence-corrected chi connectivity index (χ3v) is 5.55. The van der Waals surface area contributed by atoms with E-state index in [0.29, 0.717) is 12.3 Å². The van der Waals surface area contributed by atoms with Gasteiger partial charge in [-0.05, 0) is 55.7 Å². The maximum atomic E-state index is 12.9. The van der Waals surface area contributed by atoms with Crippen molar-refractivity contribution in [2.45, 2.75) is 25.3 Å². The second-order valence-corrected chi connectivity index (χ2v) is 7.64.